The molecule has 0 fully saturated rings. The first-order chi connectivity index (χ1) is 17.8. The molecule has 5 aromatic heterocycles. The van der Waals surface area contributed by atoms with Gasteiger partial charge in [0, 0.05) is 35.8 Å². The number of halogens is 1. The van der Waals surface area contributed by atoms with E-state index in [-0.39, 0.29) is 17.6 Å². The van der Waals surface area contributed by atoms with E-state index in [1.807, 2.05) is 32.9 Å². The Hall–Kier alpha value is -4.80. The van der Waals surface area contributed by atoms with Gasteiger partial charge in [-0.05, 0) is 56.7 Å². The van der Waals surface area contributed by atoms with Crippen LogP contribution in [-0.4, -0.2) is 45.8 Å². The highest BCUT2D eigenvalue weighted by Crippen LogP contribution is 2.18. The van der Waals surface area contributed by atoms with Crippen LogP contribution in [0.5, 0.6) is 0 Å². The van der Waals surface area contributed by atoms with Gasteiger partial charge in [0.2, 0.25) is 0 Å². The molecular weight excluding hydrogens is 473 g/mol. The van der Waals surface area contributed by atoms with Crippen molar-refractivity contribution in [2.24, 2.45) is 0 Å². The Morgan fingerprint density at radius 1 is 1.05 bits per heavy atom. The topological polar surface area (TPSA) is 127 Å². The van der Waals surface area contributed by atoms with Gasteiger partial charge in [0.1, 0.15) is 5.69 Å². The molecule has 2 N–H and O–H groups in total. The molecule has 0 aromatic carbocycles. The number of carbonyl (C=O) groups excluding carboxylic acids is 1. The number of aromatic nitrogens is 8. The first-order valence-electron chi connectivity index (χ1n) is 11.6. The van der Waals surface area contributed by atoms with Crippen LogP contribution in [0.3, 0.4) is 0 Å². The summed E-state index contributed by atoms with van der Waals surface area (Å²) in [5.41, 5.74) is 5.35. The normalized spacial score (nSPS) is 11.9. The van der Waals surface area contributed by atoms with E-state index in [1.165, 1.54) is 10.9 Å². The number of amides is 1. The van der Waals surface area contributed by atoms with Gasteiger partial charge < -0.3 is 5.32 Å². The fraction of sp³-hybridized carbons (Fsp3) is 0.192. The molecule has 11 heteroatoms. The molecule has 0 aliphatic heterocycles. The lowest BCUT2D eigenvalue weighted by atomic mass is 10.1. The summed E-state index contributed by atoms with van der Waals surface area (Å²) in [4.78, 5) is 30.6. The van der Waals surface area contributed by atoms with Crippen LogP contribution in [0, 0.1) is 19.7 Å². The zero-order chi connectivity index (χ0) is 25.9. The molecule has 0 bridgehead atoms. The number of aryl methyl sites for hydroxylation is 2. The standard InChI is InChI=1S/C26H24FN9O/c1-15-8-21(10-22-9-16(2)34-35-22)33-25(31-15)19-4-6-23(28-12-19)26(37)32-17(3)18-5-7-24(29-11-18)36-14-20(27)13-30-36/h4-9,11-14,17H,10H2,1-3H3,(H,32,37)(H,34,35)/t17-/m0/s1. The summed E-state index contributed by atoms with van der Waals surface area (Å²) >= 11 is 0. The van der Waals surface area contributed by atoms with Gasteiger partial charge in [-0.3, -0.25) is 14.9 Å². The molecular formula is C26H24FN9O. The summed E-state index contributed by atoms with van der Waals surface area (Å²) in [7, 11) is 0. The zero-order valence-corrected chi connectivity index (χ0v) is 20.5. The Labute approximate surface area is 212 Å². The molecule has 10 nitrogen and oxygen atoms in total. The third-order valence-corrected chi connectivity index (χ3v) is 5.69. The fourth-order valence-corrected chi connectivity index (χ4v) is 3.83. The summed E-state index contributed by atoms with van der Waals surface area (Å²) < 4.78 is 14.5. The van der Waals surface area contributed by atoms with Gasteiger partial charge in [-0.25, -0.2) is 24.0 Å². The highest BCUT2D eigenvalue weighted by Gasteiger charge is 2.15. The number of hydrogen-bond donors (Lipinski definition) is 2. The molecule has 0 unspecified atom stereocenters. The highest BCUT2D eigenvalue weighted by molar-refractivity contribution is 5.92. The van der Waals surface area contributed by atoms with Crippen molar-refractivity contribution >= 4 is 5.91 Å². The van der Waals surface area contributed by atoms with E-state index in [0.717, 1.165) is 34.5 Å². The van der Waals surface area contributed by atoms with Crippen molar-refractivity contribution < 1.29 is 9.18 Å². The van der Waals surface area contributed by atoms with E-state index in [1.54, 1.807) is 36.7 Å². The first kappa shape index (κ1) is 23.9. The lowest BCUT2D eigenvalue weighted by molar-refractivity contribution is 0.0935. The quantitative estimate of drug-likeness (QED) is 0.351. The molecule has 1 atom stereocenters. The van der Waals surface area contributed by atoms with Gasteiger partial charge in [-0.1, -0.05) is 6.07 Å². The van der Waals surface area contributed by atoms with Gasteiger partial charge in [-0.2, -0.15) is 10.2 Å². The molecule has 186 valence electrons. The van der Waals surface area contributed by atoms with Crippen molar-refractivity contribution in [3.63, 3.8) is 0 Å². The molecule has 5 heterocycles. The summed E-state index contributed by atoms with van der Waals surface area (Å²) in [6, 6.07) is 10.5. The fourth-order valence-electron chi connectivity index (χ4n) is 3.83. The highest BCUT2D eigenvalue weighted by atomic mass is 19.1. The Balaban J connectivity index is 1.25. The number of nitrogens with one attached hydrogen (secondary N) is 2. The Kier molecular flexibility index (Phi) is 6.50. The lowest BCUT2D eigenvalue weighted by Crippen LogP contribution is -2.27. The molecule has 37 heavy (non-hydrogen) atoms. The number of aromatic amines is 1. The van der Waals surface area contributed by atoms with E-state index in [0.29, 0.717) is 23.6 Å². The van der Waals surface area contributed by atoms with Crippen LogP contribution in [0.1, 0.15) is 51.8 Å². The summed E-state index contributed by atoms with van der Waals surface area (Å²) in [6.45, 7) is 5.71. The van der Waals surface area contributed by atoms with Crippen LogP contribution < -0.4 is 5.32 Å². The maximum Gasteiger partial charge on any atom is 0.270 e. The molecule has 0 saturated heterocycles. The third kappa shape index (κ3) is 5.56. The zero-order valence-electron chi connectivity index (χ0n) is 20.5. The number of rotatable bonds is 7. The average molecular weight is 498 g/mol. The molecule has 5 aromatic rings. The van der Waals surface area contributed by atoms with E-state index >= 15 is 0 Å². The van der Waals surface area contributed by atoms with Crippen LogP contribution >= 0.6 is 0 Å². The SMILES string of the molecule is Cc1cc(Cc2cc(C)[nH]n2)nc(-c2ccc(C(=O)N[C@@H](C)c3ccc(-n4cc(F)cn4)nc3)nc2)n1. The molecule has 0 radical (unpaired) electrons. The van der Waals surface area contributed by atoms with Crippen LogP contribution in [0.25, 0.3) is 17.2 Å². The van der Waals surface area contributed by atoms with Crippen molar-refractivity contribution in [3.05, 3.63) is 101 Å². The predicted molar refractivity (Wildman–Crippen MR) is 133 cm³/mol. The van der Waals surface area contributed by atoms with Crippen molar-refractivity contribution in [3.8, 4) is 17.2 Å². The number of H-pyrrole nitrogens is 1. The molecule has 1 amide bonds. The van der Waals surface area contributed by atoms with Gasteiger partial charge in [0.05, 0.1) is 29.8 Å². The van der Waals surface area contributed by atoms with E-state index < -0.39 is 5.82 Å². The number of hydrogen-bond acceptors (Lipinski definition) is 7. The monoisotopic (exact) mass is 497 g/mol. The van der Waals surface area contributed by atoms with Crippen LogP contribution in [0.2, 0.25) is 0 Å². The van der Waals surface area contributed by atoms with Crippen LogP contribution in [0.15, 0.2) is 61.2 Å². The summed E-state index contributed by atoms with van der Waals surface area (Å²) in [5, 5.41) is 14.0. The molecule has 0 aliphatic rings. The second-order valence-electron chi connectivity index (χ2n) is 8.72. The third-order valence-electron chi connectivity index (χ3n) is 5.69. The first-order valence-corrected chi connectivity index (χ1v) is 11.6. The van der Waals surface area contributed by atoms with Gasteiger partial charge >= 0.3 is 0 Å². The van der Waals surface area contributed by atoms with Crippen molar-refractivity contribution in [2.45, 2.75) is 33.2 Å². The van der Waals surface area contributed by atoms with Crippen molar-refractivity contribution in [1.82, 2.24) is 45.2 Å². The number of nitrogens with zero attached hydrogens (tertiary/aromatic N) is 7. The van der Waals surface area contributed by atoms with Crippen molar-refractivity contribution in [1.29, 1.82) is 0 Å². The van der Waals surface area contributed by atoms with E-state index in [9.17, 15) is 9.18 Å². The van der Waals surface area contributed by atoms with Crippen LogP contribution in [-0.2, 0) is 6.42 Å². The van der Waals surface area contributed by atoms with Gasteiger partial charge in [0.25, 0.3) is 5.91 Å². The van der Waals surface area contributed by atoms with Crippen molar-refractivity contribution in [2.75, 3.05) is 0 Å². The maximum atomic E-state index is 13.2. The predicted octanol–water partition coefficient (Wildman–Crippen LogP) is 3.68. The van der Waals surface area contributed by atoms with E-state index in [4.69, 9.17) is 0 Å². The van der Waals surface area contributed by atoms with E-state index in [2.05, 4.69) is 40.5 Å². The molecule has 0 spiro atoms. The minimum absolute atomic E-state index is 0.270. The smallest absolute Gasteiger partial charge is 0.270 e. The van der Waals surface area contributed by atoms with Gasteiger partial charge in [-0.15, -0.1) is 0 Å². The molecule has 5 rings (SSSR count). The van der Waals surface area contributed by atoms with Crippen LogP contribution in [0.4, 0.5) is 4.39 Å². The molecule has 0 saturated carbocycles. The Morgan fingerprint density at radius 3 is 2.57 bits per heavy atom. The Bertz CT molecular complexity index is 1540. The summed E-state index contributed by atoms with van der Waals surface area (Å²) in [5.74, 6) is 0.253. The summed E-state index contributed by atoms with van der Waals surface area (Å²) in [6.07, 6.45) is 6.15. The minimum atomic E-state index is -0.441. The second kappa shape index (κ2) is 10.1. The largest absolute Gasteiger partial charge is 0.344 e. The number of carbonyl (C=O) groups is 1. The number of pyridine rings is 2. The second-order valence-corrected chi connectivity index (χ2v) is 8.72. The molecule has 0 aliphatic carbocycles. The average Bonchev–Trinajstić information content (AvgIpc) is 3.51. The maximum absolute atomic E-state index is 13.2. The Morgan fingerprint density at radius 2 is 1.92 bits per heavy atom. The van der Waals surface area contributed by atoms with Gasteiger partial charge in [0.15, 0.2) is 17.5 Å². The minimum Gasteiger partial charge on any atom is -0.344 e. The lowest BCUT2D eigenvalue weighted by Gasteiger charge is -2.14.